The van der Waals surface area contributed by atoms with Crippen LogP contribution in [0, 0.1) is 17.3 Å². The molecule has 0 heterocycles. The first kappa shape index (κ1) is 15.5. The molecule has 0 radical (unpaired) electrons. The summed E-state index contributed by atoms with van der Waals surface area (Å²) in [4.78, 5) is 0. The lowest BCUT2D eigenvalue weighted by atomic mass is 9.51. The minimum atomic E-state index is 0.426. The minimum Gasteiger partial charge on any atom is -0.508 e. The highest BCUT2D eigenvalue weighted by Gasteiger charge is 2.54. The average Bonchev–Trinajstić information content (AvgIpc) is 3.03. The van der Waals surface area contributed by atoms with E-state index in [1.165, 1.54) is 48.8 Å². The van der Waals surface area contributed by atoms with Crippen LogP contribution in [0.4, 0.5) is 0 Å². The third-order valence-electron chi connectivity index (χ3n) is 7.72. The van der Waals surface area contributed by atoms with E-state index in [1.54, 1.807) is 0 Å². The zero-order chi connectivity index (χ0) is 17.0. The zero-order valence-electron chi connectivity index (χ0n) is 15.1. The zero-order valence-corrected chi connectivity index (χ0v) is 15.1. The first-order chi connectivity index (χ1) is 12.2. The monoisotopic (exact) mass is 332 g/mol. The van der Waals surface area contributed by atoms with Crippen LogP contribution in [0.1, 0.15) is 67.6 Å². The summed E-state index contributed by atoms with van der Waals surface area (Å²) >= 11 is 0. The van der Waals surface area contributed by atoms with E-state index in [1.807, 2.05) is 12.1 Å². The summed E-state index contributed by atoms with van der Waals surface area (Å²) in [7, 11) is 0. The second-order valence-electron chi connectivity index (χ2n) is 8.99. The molecule has 0 spiro atoms. The van der Waals surface area contributed by atoms with Gasteiger partial charge < -0.3 is 5.11 Å². The van der Waals surface area contributed by atoms with Crippen LogP contribution in [0.3, 0.4) is 0 Å². The normalized spacial score (nSPS) is 36.4. The molecule has 1 heteroatoms. The molecule has 130 valence electrons. The fourth-order valence-corrected chi connectivity index (χ4v) is 6.73. The van der Waals surface area contributed by atoms with E-state index in [0.717, 1.165) is 18.3 Å². The molecule has 1 N–H and O–H groups in total. The Bertz CT molecular complexity index is 780. The fraction of sp³-hybridized carbons (Fsp3) is 0.500. The molecular formula is C24H28O. The van der Waals surface area contributed by atoms with E-state index in [0.29, 0.717) is 23.0 Å². The third kappa shape index (κ3) is 2.35. The van der Waals surface area contributed by atoms with E-state index in [2.05, 4.69) is 43.3 Å². The van der Waals surface area contributed by atoms with Crippen molar-refractivity contribution in [1.29, 1.82) is 0 Å². The molecule has 0 saturated heterocycles. The summed E-state index contributed by atoms with van der Waals surface area (Å²) in [5.74, 6) is 3.37. The molecular weight excluding hydrogens is 304 g/mol. The van der Waals surface area contributed by atoms with Gasteiger partial charge in [-0.25, -0.2) is 0 Å². The van der Waals surface area contributed by atoms with Crippen LogP contribution in [-0.2, 0) is 6.42 Å². The summed E-state index contributed by atoms with van der Waals surface area (Å²) in [5, 5.41) is 9.96. The van der Waals surface area contributed by atoms with Crippen molar-refractivity contribution in [2.45, 2.75) is 57.3 Å². The standard InChI is InChI=1S/C24H28O/c1-24-13-5-8-22(24)20-11-9-17-14-18(25)10-12-19(17)23(20)21(15-24)16-6-3-2-4-7-16/h2-4,6-7,10,12,14,20-23,25H,5,8-9,11,13,15H2,1H3/t20-,21+,22-,23+,24-/m0/s1. The SMILES string of the molecule is C[C@@]12CCC[C@H]1[C@@H]1CCc3cc(O)ccc3[C@H]1[C@@H](c1ccccc1)C2. The number of aromatic hydroxyl groups is 1. The number of phenolic OH excluding ortho intramolecular Hbond substituents is 1. The summed E-state index contributed by atoms with van der Waals surface area (Å²) in [5.41, 5.74) is 4.96. The van der Waals surface area contributed by atoms with Gasteiger partial charge in [-0.2, -0.15) is 0 Å². The van der Waals surface area contributed by atoms with Crippen LogP contribution >= 0.6 is 0 Å². The Morgan fingerprint density at radius 1 is 1.04 bits per heavy atom. The van der Waals surface area contributed by atoms with Crippen molar-refractivity contribution in [2.75, 3.05) is 0 Å². The van der Waals surface area contributed by atoms with Gasteiger partial charge in [-0.05, 0) is 90.0 Å². The lowest BCUT2D eigenvalue weighted by Gasteiger charge is -2.53. The van der Waals surface area contributed by atoms with Crippen LogP contribution in [-0.4, -0.2) is 5.11 Å². The summed E-state index contributed by atoms with van der Waals surface area (Å²) in [6.45, 7) is 2.57. The molecule has 5 rings (SSSR count). The summed E-state index contributed by atoms with van der Waals surface area (Å²) in [6, 6.07) is 17.4. The van der Waals surface area contributed by atoms with Crippen molar-refractivity contribution in [2.24, 2.45) is 17.3 Å². The van der Waals surface area contributed by atoms with Crippen molar-refractivity contribution in [1.82, 2.24) is 0 Å². The second kappa shape index (κ2) is 5.62. The van der Waals surface area contributed by atoms with Crippen LogP contribution in [0.15, 0.2) is 48.5 Å². The van der Waals surface area contributed by atoms with Gasteiger partial charge in [0.15, 0.2) is 0 Å². The molecule has 5 atom stereocenters. The maximum atomic E-state index is 9.96. The Morgan fingerprint density at radius 3 is 2.72 bits per heavy atom. The van der Waals surface area contributed by atoms with E-state index in [-0.39, 0.29) is 0 Å². The minimum absolute atomic E-state index is 0.426. The quantitative estimate of drug-likeness (QED) is 0.676. The molecule has 3 aliphatic rings. The first-order valence-electron chi connectivity index (χ1n) is 10.0. The fourth-order valence-electron chi connectivity index (χ4n) is 6.73. The lowest BCUT2D eigenvalue weighted by Crippen LogP contribution is -2.43. The summed E-state index contributed by atoms with van der Waals surface area (Å²) in [6.07, 6.45) is 8.00. The van der Waals surface area contributed by atoms with Crippen LogP contribution < -0.4 is 0 Å². The van der Waals surface area contributed by atoms with Gasteiger partial charge in [0, 0.05) is 0 Å². The van der Waals surface area contributed by atoms with Crippen LogP contribution in [0.25, 0.3) is 0 Å². The number of benzene rings is 2. The summed E-state index contributed by atoms with van der Waals surface area (Å²) < 4.78 is 0. The number of phenols is 1. The smallest absolute Gasteiger partial charge is 0.115 e. The Balaban J connectivity index is 1.65. The Morgan fingerprint density at radius 2 is 1.88 bits per heavy atom. The lowest BCUT2D eigenvalue weighted by molar-refractivity contribution is 0.0431. The topological polar surface area (TPSA) is 20.2 Å². The molecule has 2 aromatic carbocycles. The molecule has 0 aromatic heterocycles. The largest absolute Gasteiger partial charge is 0.508 e. The molecule has 2 fully saturated rings. The predicted molar refractivity (Wildman–Crippen MR) is 102 cm³/mol. The molecule has 0 aliphatic heterocycles. The van der Waals surface area contributed by atoms with Gasteiger partial charge >= 0.3 is 0 Å². The van der Waals surface area contributed by atoms with Crippen molar-refractivity contribution in [3.8, 4) is 5.75 Å². The Hall–Kier alpha value is -1.76. The molecule has 0 bridgehead atoms. The van der Waals surface area contributed by atoms with Crippen molar-refractivity contribution in [3.63, 3.8) is 0 Å². The van der Waals surface area contributed by atoms with Gasteiger partial charge in [-0.1, -0.05) is 49.7 Å². The highest BCUT2D eigenvalue weighted by atomic mass is 16.3. The molecule has 1 nitrogen and oxygen atoms in total. The van der Waals surface area contributed by atoms with Crippen molar-refractivity contribution in [3.05, 3.63) is 65.2 Å². The number of hydrogen-bond acceptors (Lipinski definition) is 1. The van der Waals surface area contributed by atoms with Gasteiger partial charge in [-0.15, -0.1) is 0 Å². The van der Waals surface area contributed by atoms with Gasteiger partial charge in [-0.3, -0.25) is 0 Å². The average molecular weight is 332 g/mol. The molecule has 0 unspecified atom stereocenters. The second-order valence-corrected chi connectivity index (χ2v) is 8.99. The molecule has 2 saturated carbocycles. The van der Waals surface area contributed by atoms with Gasteiger partial charge in [0.1, 0.15) is 5.75 Å². The number of rotatable bonds is 1. The third-order valence-corrected chi connectivity index (χ3v) is 7.72. The number of aryl methyl sites for hydroxylation is 1. The first-order valence-corrected chi connectivity index (χ1v) is 10.0. The van der Waals surface area contributed by atoms with E-state index < -0.39 is 0 Å². The number of fused-ring (bicyclic) bond motifs is 5. The van der Waals surface area contributed by atoms with Crippen molar-refractivity contribution < 1.29 is 5.11 Å². The molecule has 3 aliphatic carbocycles. The van der Waals surface area contributed by atoms with Crippen molar-refractivity contribution >= 4 is 0 Å². The molecule has 25 heavy (non-hydrogen) atoms. The molecule has 0 amide bonds. The number of hydrogen-bond donors (Lipinski definition) is 1. The maximum absolute atomic E-state index is 9.96. The van der Waals surface area contributed by atoms with E-state index >= 15 is 0 Å². The van der Waals surface area contributed by atoms with E-state index in [9.17, 15) is 5.11 Å². The highest BCUT2D eigenvalue weighted by molar-refractivity contribution is 5.43. The van der Waals surface area contributed by atoms with Crippen LogP contribution in [0.2, 0.25) is 0 Å². The predicted octanol–water partition coefficient (Wildman–Crippen LogP) is 6.03. The van der Waals surface area contributed by atoms with Gasteiger partial charge in [0.25, 0.3) is 0 Å². The maximum Gasteiger partial charge on any atom is 0.115 e. The van der Waals surface area contributed by atoms with Gasteiger partial charge in [0.2, 0.25) is 0 Å². The molecule has 2 aromatic rings. The Kier molecular flexibility index (Phi) is 3.48. The van der Waals surface area contributed by atoms with E-state index in [4.69, 9.17) is 0 Å². The Labute approximate surface area is 151 Å². The van der Waals surface area contributed by atoms with Gasteiger partial charge in [0.05, 0.1) is 0 Å². The highest BCUT2D eigenvalue weighted by Crippen LogP contribution is 2.65. The van der Waals surface area contributed by atoms with Crippen LogP contribution in [0.5, 0.6) is 5.75 Å².